The number of fused-ring (bicyclic) bond motifs is 1. The summed E-state index contributed by atoms with van der Waals surface area (Å²) in [5.41, 5.74) is 1.03. The highest BCUT2D eigenvalue weighted by molar-refractivity contribution is 5.51. The van der Waals surface area contributed by atoms with Crippen molar-refractivity contribution in [3.05, 3.63) is 64.9 Å². The van der Waals surface area contributed by atoms with Crippen LogP contribution in [0.4, 0.5) is 13.2 Å². The van der Waals surface area contributed by atoms with E-state index >= 15 is 0 Å². The lowest BCUT2D eigenvalue weighted by Crippen LogP contribution is -2.26. The van der Waals surface area contributed by atoms with Gasteiger partial charge in [-0.15, -0.1) is 0 Å². The highest BCUT2D eigenvalue weighted by atomic mass is 19.2. The van der Waals surface area contributed by atoms with Gasteiger partial charge in [-0.25, -0.2) is 4.39 Å². The zero-order chi connectivity index (χ0) is 21.8. The summed E-state index contributed by atoms with van der Waals surface area (Å²) in [5, 5.41) is 0. The number of ether oxygens (including phenoxy) is 3. The molecule has 3 rings (SSSR count). The number of hydrogen-bond acceptors (Lipinski definition) is 3. The normalized spacial score (nSPS) is 22.9. The van der Waals surface area contributed by atoms with E-state index in [1.165, 1.54) is 7.11 Å². The van der Waals surface area contributed by atoms with Crippen LogP contribution in [0, 0.1) is 17.6 Å². The topological polar surface area (TPSA) is 27.7 Å². The Bertz CT molecular complexity index is 852. The molecule has 0 N–H and O–H groups in total. The Kier molecular flexibility index (Phi) is 7.29. The Hall–Kier alpha value is -2.21. The van der Waals surface area contributed by atoms with Crippen LogP contribution in [0.25, 0.3) is 0 Å². The van der Waals surface area contributed by atoms with Gasteiger partial charge in [0.25, 0.3) is 0 Å². The van der Waals surface area contributed by atoms with Gasteiger partial charge < -0.3 is 14.2 Å². The predicted molar refractivity (Wildman–Crippen MR) is 110 cm³/mol. The number of hydrogen-bond donors (Lipinski definition) is 0. The summed E-state index contributed by atoms with van der Waals surface area (Å²) in [5.74, 6) is -3.22. The Labute approximate surface area is 176 Å². The highest BCUT2D eigenvalue weighted by Crippen LogP contribution is 2.39. The fourth-order valence-corrected chi connectivity index (χ4v) is 4.09. The summed E-state index contributed by atoms with van der Waals surface area (Å²) in [6.45, 7) is 10.1. The monoisotopic (exact) mass is 422 g/mol. The van der Waals surface area contributed by atoms with Gasteiger partial charge in [0.15, 0.2) is 23.1 Å². The van der Waals surface area contributed by atoms with Gasteiger partial charge in [0.05, 0.1) is 13.2 Å². The van der Waals surface area contributed by atoms with Gasteiger partial charge >= 0.3 is 0 Å². The van der Waals surface area contributed by atoms with E-state index in [2.05, 4.69) is 20.1 Å². The van der Waals surface area contributed by atoms with E-state index in [0.29, 0.717) is 29.9 Å². The Morgan fingerprint density at radius 2 is 2.00 bits per heavy atom. The molecule has 2 heterocycles. The molecular weight excluding hydrogens is 393 g/mol. The number of rotatable bonds is 7. The Balaban J connectivity index is 1.73. The largest absolute Gasteiger partial charge is 0.494 e. The number of aryl methyl sites for hydroxylation is 1. The van der Waals surface area contributed by atoms with E-state index in [4.69, 9.17) is 14.2 Å². The maximum atomic E-state index is 14.7. The lowest BCUT2D eigenvalue weighted by molar-refractivity contribution is -0.0216. The first kappa shape index (κ1) is 22.5. The second kappa shape index (κ2) is 9.73. The summed E-state index contributed by atoms with van der Waals surface area (Å²) >= 11 is 0. The number of halogens is 3. The lowest BCUT2D eigenvalue weighted by atomic mass is 9.91. The number of methoxy groups -OCH3 is 1. The summed E-state index contributed by atoms with van der Waals surface area (Å²) in [6, 6.07) is 1.58. The van der Waals surface area contributed by atoms with Crippen LogP contribution in [0.1, 0.15) is 50.2 Å². The molecule has 1 aromatic carbocycles. The summed E-state index contributed by atoms with van der Waals surface area (Å²) in [4.78, 5) is 0. The van der Waals surface area contributed by atoms with Crippen molar-refractivity contribution in [2.75, 3.05) is 13.7 Å². The van der Waals surface area contributed by atoms with Crippen LogP contribution in [0.2, 0.25) is 0 Å². The molecule has 0 amide bonds. The molecule has 2 atom stereocenters. The van der Waals surface area contributed by atoms with Crippen molar-refractivity contribution in [2.45, 2.75) is 58.0 Å². The van der Waals surface area contributed by atoms with E-state index < -0.39 is 17.5 Å². The van der Waals surface area contributed by atoms with Gasteiger partial charge in [-0.3, -0.25) is 0 Å². The fourth-order valence-electron chi connectivity index (χ4n) is 4.09. The van der Waals surface area contributed by atoms with Crippen molar-refractivity contribution in [3.63, 3.8) is 0 Å². The Morgan fingerprint density at radius 1 is 1.23 bits per heavy atom. The zero-order valence-electron chi connectivity index (χ0n) is 17.7. The summed E-state index contributed by atoms with van der Waals surface area (Å²) < 4.78 is 59.8. The van der Waals surface area contributed by atoms with Crippen LogP contribution in [0.5, 0.6) is 5.75 Å². The molecule has 0 bridgehead atoms. The van der Waals surface area contributed by atoms with Crippen molar-refractivity contribution >= 4 is 0 Å². The first-order valence-electron chi connectivity index (χ1n) is 10.5. The smallest absolute Gasteiger partial charge is 0.207 e. The first-order chi connectivity index (χ1) is 14.3. The third-order valence-corrected chi connectivity index (χ3v) is 5.83. The van der Waals surface area contributed by atoms with Crippen molar-refractivity contribution in [1.82, 2.24) is 0 Å². The molecule has 2 aliphatic rings. The van der Waals surface area contributed by atoms with Gasteiger partial charge in [-0.1, -0.05) is 26.5 Å². The standard InChI is InChI=1S/C24H29F3O3/c1-5-6-16-7-9-19(29-13-16)10-8-17-12-18-11-14(2)23(20(25)15(3)28-4)30-24(18)22(27)21(17)26/h12,16,19H,2-3,5-11,13H2,1,4H3/b23-20-. The minimum atomic E-state index is -1.11. The minimum absolute atomic E-state index is 0.0616. The molecule has 30 heavy (non-hydrogen) atoms. The van der Waals surface area contributed by atoms with E-state index in [0.717, 1.165) is 32.3 Å². The zero-order valence-corrected chi connectivity index (χ0v) is 17.7. The second-order valence-corrected chi connectivity index (χ2v) is 8.03. The molecule has 2 unspecified atom stereocenters. The molecule has 0 aliphatic carbocycles. The van der Waals surface area contributed by atoms with Gasteiger partial charge in [0.2, 0.25) is 11.6 Å². The maximum Gasteiger partial charge on any atom is 0.207 e. The van der Waals surface area contributed by atoms with E-state index in [-0.39, 0.29) is 35.4 Å². The lowest BCUT2D eigenvalue weighted by Gasteiger charge is -2.29. The third-order valence-electron chi connectivity index (χ3n) is 5.83. The average Bonchev–Trinajstić information content (AvgIpc) is 2.75. The van der Waals surface area contributed by atoms with Gasteiger partial charge in [-0.05, 0) is 55.2 Å². The molecule has 0 aromatic heterocycles. The Morgan fingerprint density at radius 3 is 2.63 bits per heavy atom. The van der Waals surface area contributed by atoms with Crippen LogP contribution in [0.15, 0.2) is 42.1 Å². The summed E-state index contributed by atoms with van der Waals surface area (Å²) in [7, 11) is 1.26. The molecular formula is C24H29F3O3. The fraction of sp³-hybridized carbons (Fsp3) is 0.500. The SMILES string of the molecule is C=C(OC)/C(F)=C1/Oc2c(cc(CCC3CCC(CCC)CO3)c(F)c2F)CC1=C. The molecule has 1 aromatic rings. The van der Waals surface area contributed by atoms with Gasteiger partial charge in [-0.2, -0.15) is 8.78 Å². The van der Waals surface area contributed by atoms with E-state index in [1.54, 1.807) is 6.07 Å². The summed E-state index contributed by atoms with van der Waals surface area (Å²) in [6.07, 6.45) is 5.57. The molecule has 0 radical (unpaired) electrons. The minimum Gasteiger partial charge on any atom is -0.494 e. The maximum absolute atomic E-state index is 14.7. The van der Waals surface area contributed by atoms with E-state index in [1.807, 2.05) is 0 Å². The number of benzene rings is 1. The molecule has 3 nitrogen and oxygen atoms in total. The molecule has 164 valence electrons. The van der Waals surface area contributed by atoms with Crippen LogP contribution < -0.4 is 4.74 Å². The molecule has 0 spiro atoms. The van der Waals surface area contributed by atoms with Crippen LogP contribution in [-0.4, -0.2) is 19.8 Å². The van der Waals surface area contributed by atoms with Crippen LogP contribution in [-0.2, 0) is 22.3 Å². The van der Waals surface area contributed by atoms with Crippen LogP contribution in [0.3, 0.4) is 0 Å². The molecule has 2 aliphatic heterocycles. The van der Waals surface area contributed by atoms with E-state index in [9.17, 15) is 13.2 Å². The molecule has 1 saturated heterocycles. The predicted octanol–water partition coefficient (Wildman–Crippen LogP) is 6.33. The quantitative estimate of drug-likeness (QED) is 0.481. The van der Waals surface area contributed by atoms with Gasteiger partial charge in [0, 0.05) is 18.6 Å². The molecule has 1 fully saturated rings. The van der Waals surface area contributed by atoms with Crippen molar-refractivity contribution in [2.24, 2.45) is 5.92 Å². The molecule has 6 heteroatoms. The third kappa shape index (κ3) is 4.75. The average molecular weight is 422 g/mol. The van der Waals surface area contributed by atoms with Crippen molar-refractivity contribution in [3.8, 4) is 5.75 Å². The number of allylic oxidation sites excluding steroid dienone is 2. The first-order valence-corrected chi connectivity index (χ1v) is 10.5. The second-order valence-electron chi connectivity index (χ2n) is 8.03. The van der Waals surface area contributed by atoms with Crippen LogP contribution >= 0.6 is 0 Å². The van der Waals surface area contributed by atoms with Crippen molar-refractivity contribution < 1.29 is 27.4 Å². The molecule has 0 saturated carbocycles. The van der Waals surface area contributed by atoms with Crippen molar-refractivity contribution in [1.29, 1.82) is 0 Å². The van der Waals surface area contributed by atoms with Gasteiger partial charge in [0.1, 0.15) is 0 Å². The highest BCUT2D eigenvalue weighted by Gasteiger charge is 2.30.